The largest absolute Gasteiger partial charge is 0.457 e. The van der Waals surface area contributed by atoms with Crippen LogP contribution >= 0.6 is 0 Å². The first kappa shape index (κ1) is 17.9. The van der Waals surface area contributed by atoms with Crippen LogP contribution in [0.1, 0.15) is 29.6 Å². The van der Waals surface area contributed by atoms with Crippen LogP contribution in [0.5, 0.6) is 11.5 Å². The number of para-hydroxylation sites is 1. The molecule has 1 aliphatic heterocycles. The van der Waals surface area contributed by atoms with Crippen LogP contribution in [0.3, 0.4) is 0 Å². The van der Waals surface area contributed by atoms with Gasteiger partial charge in [-0.3, -0.25) is 9.59 Å². The predicted molar refractivity (Wildman–Crippen MR) is 96.9 cm³/mol. The molecule has 1 aliphatic rings. The van der Waals surface area contributed by atoms with E-state index >= 15 is 0 Å². The smallest absolute Gasteiger partial charge is 0.253 e. The number of hydrogen-bond donors (Lipinski definition) is 2. The summed E-state index contributed by atoms with van der Waals surface area (Å²) in [4.78, 5) is 25.4. The van der Waals surface area contributed by atoms with Crippen LogP contribution in [-0.4, -0.2) is 40.5 Å². The molecule has 0 saturated carbocycles. The molecule has 0 aliphatic carbocycles. The number of rotatable bonds is 5. The number of amides is 2. The second kappa shape index (κ2) is 7.58. The van der Waals surface area contributed by atoms with Crippen molar-refractivity contribution in [3.05, 3.63) is 60.2 Å². The highest BCUT2D eigenvalue weighted by Gasteiger charge is 2.36. The van der Waals surface area contributed by atoms with Gasteiger partial charge in [0.15, 0.2) is 0 Å². The van der Waals surface area contributed by atoms with E-state index in [1.165, 1.54) is 0 Å². The van der Waals surface area contributed by atoms with Crippen LogP contribution in [0, 0.1) is 0 Å². The normalized spacial score (nSPS) is 19.8. The highest BCUT2D eigenvalue weighted by atomic mass is 16.5. The number of nitrogens with two attached hydrogens (primary N) is 1. The van der Waals surface area contributed by atoms with Crippen LogP contribution in [0.25, 0.3) is 0 Å². The summed E-state index contributed by atoms with van der Waals surface area (Å²) in [6, 6.07) is 16.3. The summed E-state index contributed by atoms with van der Waals surface area (Å²) in [7, 11) is 0. The van der Waals surface area contributed by atoms with E-state index in [0.717, 1.165) is 5.75 Å². The van der Waals surface area contributed by atoms with Gasteiger partial charge in [-0.25, -0.2) is 0 Å². The summed E-state index contributed by atoms with van der Waals surface area (Å²) >= 11 is 0. The standard InChI is InChI=1S/C20H22N2O4/c21-18(23)13-20(25)11-4-12-22(14-20)19(24)15-7-9-17(10-8-15)26-16-5-2-1-3-6-16/h1-3,5-10,25H,4,11-14H2,(H2,21,23). The fourth-order valence-electron chi connectivity index (χ4n) is 3.23. The molecule has 2 aromatic rings. The van der Waals surface area contributed by atoms with Crippen LogP contribution in [-0.2, 0) is 4.79 Å². The van der Waals surface area contributed by atoms with Gasteiger partial charge in [-0.1, -0.05) is 18.2 Å². The second-order valence-electron chi connectivity index (χ2n) is 6.64. The molecule has 6 nitrogen and oxygen atoms in total. The zero-order valence-electron chi connectivity index (χ0n) is 14.4. The number of hydrogen-bond acceptors (Lipinski definition) is 4. The molecule has 26 heavy (non-hydrogen) atoms. The third-order valence-electron chi connectivity index (χ3n) is 4.43. The average molecular weight is 354 g/mol. The lowest BCUT2D eigenvalue weighted by Gasteiger charge is -2.38. The maximum atomic E-state index is 12.7. The predicted octanol–water partition coefficient (Wildman–Crippen LogP) is 2.32. The zero-order valence-corrected chi connectivity index (χ0v) is 14.4. The topological polar surface area (TPSA) is 92.9 Å². The highest BCUT2D eigenvalue weighted by molar-refractivity contribution is 5.94. The molecule has 1 fully saturated rings. The van der Waals surface area contributed by atoms with Crippen molar-refractivity contribution in [1.29, 1.82) is 0 Å². The summed E-state index contributed by atoms with van der Waals surface area (Å²) in [5.41, 5.74) is 4.47. The molecule has 136 valence electrons. The molecule has 1 heterocycles. The number of carbonyl (C=O) groups is 2. The molecule has 0 aromatic heterocycles. The van der Waals surface area contributed by atoms with Gasteiger partial charge in [0, 0.05) is 12.1 Å². The molecule has 6 heteroatoms. The van der Waals surface area contributed by atoms with Crippen LogP contribution in [0.15, 0.2) is 54.6 Å². The number of piperidine rings is 1. The summed E-state index contributed by atoms with van der Waals surface area (Å²) in [5, 5.41) is 10.5. The van der Waals surface area contributed by atoms with Gasteiger partial charge in [0.05, 0.1) is 18.6 Å². The Labute approximate surface area is 152 Å². The lowest BCUT2D eigenvalue weighted by Crippen LogP contribution is -2.51. The molecular weight excluding hydrogens is 332 g/mol. The molecule has 3 rings (SSSR count). The number of aliphatic hydroxyl groups is 1. The van der Waals surface area contributed by atoms with Gasteiger partial charge in [-0.2, -0.15) is 0 Å². The maximum Gasteiger partial charge on any atom is 0.253 e. The summed E-state index contributed by atoms with van der Waals surface area (Å²) in [5.74, 6) is 0.610. The highest BCUT2D eigenvalue weighted by Crippen LogP contribution is 2.26. The minimum Gasteiger partial charge on any atom is -0.457 e. The molecule has 0 radical (unpaired) electrons. The van der Waals surface area contributed by atoms with Crippen molar-refractivity contribution in [3.63, 3.8) is 0 Å². The monoisotopic (exact) mass is 354 g/mol. The van der Waals surface area contributed by atoms with Gasteiger partial charge in [-0.15, -0.1) is 0 Å². The minimum atomic E-state index is -1.24. The van der Waals surface area contributed by atoms with Gasteiger partial charge < -0.3 is 20.5 Å². The van der Waals surface area contributed by atoms with Crippen molar-refractivity contribution in [3.8, 4) is 11.5 Å². The Balaban J connectivity index is 1.67. The van der Waals surface area contributed by atoms with Crippen molar-refractivity contribution in [2.24, 2.45) is 5.73 Å². The van der Waals surface area contributed by atoms with Gasteiger partial charge in [0.25, 0.3) is 5.91 Å². The number of nitrogens with zero attached hydrogens (tertiary/aromatic N) is 1. The second-order valence-corrected chi connectivity index (χ2v) is 6.64. The van der Waals surface area contributed by atoms with Crippen molar-refractivity contribution in [2.75, 3.05) is 13.1 Å². The first-order valence-electron chi connectivity index (χ1n) is 8.58. The van der Waals surface area contributed by atoms with Crippen LogP contribution in [0.2, 0.25) is 0 Å². The summed E-state index contributed by atoms with van der Waals surface area (Å²) < 4.78 is 5.72. The molecular formula is C20H22N2O4. The molecule has 1 saturated heterocycles. The van der Waals surface area contributed by atoms with E-state index in [1.54, 1.807) is 29.2 Å². The average Bonchev–Trinajstić information content (AvgIpc) is 2.61. The molecule has 0 spiro atoms. The minimum absolute atomic E-state index is 0.108. The Morgan fingerprint density at radius 2 is 1.73 bits per heavy atom. The molecule has 0 bridgehead atoms. The van der Waals surface area contributed by atoms with Crippen LogP contribution in [0.4, 0.5) is 0 Å². The van der Waals surface area contributed by atoms with Crippen molar-refractivity contribution < 1.29 is 19.4 Å². The van der Waals surface area contributed by atoms with E-state index in [-0.39, 0.29) is 18.9 Å². The van der Waals surface area contributed by atoms with E-state index in [1.807, 2.05) is 30.3 Å². The number of benzene rings is 2. The number of likely N-dealkylation sites (tertiary alicyclic amines) is 1. The third kappa shape index (κ3) is 4.40. The van der Waals surface area contributed by atoms with E-state index in [0.29, 0.717) is 30.7 Å². The number of β-amino-alcohol motifs (C(OH)–C–C–N with tert-alkyl or cyclic N) is 1. The van der Waals surface area contributed by atoms with Gasteiger partial charge >= 0.3 is 0 Å². The van der Waals surface area contributed by atoms with E-state index in [2.05, 4.69) is 0 Å². The molecule has 2 amide bonds. The van der Waals surface area contributed by atoms with Gasteiger partial charge in [0.2, 0.25) is 5.91 Å². The lowest BCUT2D eigenvalue weighted by atomic mass is 9.89. The Morgan fingerprint density at radius 3 is 2.38 bits per heavy atom. The summed E-state index contributed by atoms with van der Waals surface area (Å²) in [6.45, 7) is 0.652. The van der Waals surface area contributed by atoms with Crippen molar-refractivity contribution in [2.45, 2.75) is 24.9 Å². The van der Waals surface area contributed by atoms with E-state index < -0.39 is 11.5 Å². The number of primary amides is 1. The molecule has 1 atom stereocenters. The Hall–Kier alpha value is -2.86. The zero-order chi connectivity index (χ0) is 18.6. The van der Waals surface area contributed by atoms with Gasteiger partial charge in [0.1, 0.15) is 11.5 Å². The summed E-state index contributed by atoms with van der Waals surface area (Å²) in [6.07, 6.45) is 0.953. The number of carbonyl (C=O) groups excluding carboxylic acids is 2. The van der Waals surface area contributed by atoms with E-state index in [4.69, 9.17) is 10.5 Å². The lowest BCUT2D eigenvalue weighted by molar-refractivity contribution is -0.125. The number of ether oxygens (including phenoxy) is 1. The Kier molecular flexibility index (Phi) is 5.23. The molecule has 1 unspecified atom stereocenters. The maximum absolute atomic E-state index is 12.7. The first-order valence-corrected chi connectivity index (χ1v) is 8.58. The first-order chi connectivity index (χ1) is 12.5. The molecule has 3 N–H and O–H groups in total. The van der Waals surface area contributed by atoms with E-state index in [9.17, 15) is 14.7 Å². The third-order valence-corrected chi connectivity index (χ3v) is 4.43. The Bertz CT molecular complexity index is 776. The SMILES string of the molecule is NC(=O)CC1(O)CCCN(C(=O)c2ccc(Oc3ccccc3)cc2)C1. The quantitative estimate of drug-likeness (QED) is 0.862. The fourth-order valence-corrected chi connectivity index (χ4v) is 3.23. The fraction of sp³-hybridized carbons (Fsp3) is 0.300. The van der Waals surface area contributed by atoms with Crippen LogP contribution < -0.4 is 10.5 Å². The van der Waals surface area contributed by atoms with Crippen molar-refractivity contribution >= 4 is 11.8 Å². The Morgan fingerprint density at radius 1 is 1.08 bits per heavy atom. The van der Waals surface area contributed by atoms with Gasteiger partial charge in [-0.05, 0) is 49.2 Å². The van der Waals surface area contributed by atoms with Crippen molar-refractivity contribution in [1.82, 2.24) is 4.90 Å². The molecule has 2 aromatic carbocycles.